The van der Waals surface area contributed by atoms with Gasteiger partial charge in [0.25, 0.3) is 0 Å². The Hall–Kier alpha value is -1.69. The van der Waals surface area contributed by atoms with Gasteiger partial charge in [-0.2, -0.15) is 0 Å². The van der Waals surface area contributed by atoms with E-state index < -0.39 is 0 Å². The number of nitrogen functional groups attached to an aromatic ring is 1. The molecule has 0 saturated heterocycles. The van der Waals surface area contributed by atoms with E-state index in [1.807, 2.05) is 0 Å². The van der Waals surface area contributed by atoms with Crippen molar-refractivity contribution < 1.29 is 14.3 Å². The zero-order chi connectivity index (χ0) is 12.7. The van der Waals surface area contributed by atoms with E-state index in [9.17, 15) is 9.59 Å². The number of rotatable bonds is 5. The normalized spacial score (nSPS) is 9.71. The quantitative estimate of drug-likeness (QED) is 0.607. The van der Waals surface area contributed by atoms with E-state index in [2.05, 4.69) is 10.1 Å². The summed E-state index contributed by atoms with van der Waals surface area (Å²) in [5.74, 6) is -0.152. The van der Waals surface area contributed by atoms with Crippen LogP contribution < -0.4 is 11.1 Å². The van der Waals surface area contributed by atoms with Crippen molar-refractivity contribution in [3.63, 3.8) is 0 Å². The highest BCUT2D eigenvalue weighted by Crippen LogP contribution is 2.12. The Morgan fingerprint density at radius 3 is 2.82 bits per heavy atom. The Labute approximate surface area is 104 Å². The Morgan fingerprint density at radius 1 is 1.41 bits per heavy atom. The van der Waals surface area contributed by atoms with Gasteiger partial charge in [-0.05, 0) is 18.2 Å². The van der Waals surface area contributed by atoms with Crippen LogP contribution >= 0.6 is 11.8 Å². The molecule has 1 aromatic rings. The van der Waals surface area contributed by atoms with Gasteiger partial charge in [0.1, 0.15) is 0 Å². The Morgan fingerprint density at radius 2 is 2.18 bits per heavy atom. The molecule has 6 heteroatoms. The number of benzene rings is 1. The number of carbonyl (C=O) groups excluding carboxylic acids is 2. The number of carbonyl (C=O) groups is 2. The lowest BCUT2D eigenvalue weighted by molar-refractivity contribution is -0.137. The van der Waals surface area contributed by atoms with Gasteiger partial charge in [0.15, 0.2) is 0 Å². The molecule has 5 nitrogen and oxygen atoms in total. The van der Waals surface area contributed by atoms with Gasteiger partial charge in [-0.1, -0.05) is 6.07 Å². The van der Waals surface area contributed by atoms with Crippen LogP contribution in [0.4, 0.5) is 11.4 Å². The third-order valence-electron chi connectivity index (χ3n) is 1.85. The predicted octanol–water partition coefficient (Wildman–Crippen LogP) is 1.11. The van der Waals surface area contributed by atoms with E-state index in [1.54, 1.807) is 24.3 Å². The molecule has 92 valence electrons. The maximum absolute atomic E-state index is 11.5. The third-order valence-corrected chi connectivity index (χ3v) is 2.76. The van der Waals surface area contributed by atoms with E-state index >= 15 is 0 Å². The summed E-state index contributed by atoms with van der Waals surface area (Å²) >= 11 is 1.20. The molecule has 1 aromatic carbocycles. The number of esters is 1. The molecule has 0 aromatic heterocycles. The second kappa shape index (κ2) is 6.80. The minimum Gasteiger partial charge on any atom is -0.468 e. The standard InChI is InChI=1S/C11H14N2O3S/c1-16-11(15)7-17-6-10(14)13-9-4-2-3-8(12)5-9/h2-5H,6-7,12H2,1H3,(H,13,14). The van der Waals surface area contributed by atoms with Crippen molar-refractivity contribution >= 4 is 35.0 Å². The number of hydrogen-bond acceptors (Lipinski definition) is 5. The van der Waals surface area contributed by atoms with Gasteiger partial charge in [-0.3, -0.25) is 9.59 Å². The molecule has 0 spiro atoms. The Bertz CT molecular complexity index is 409. The van der Waals surface area contributed by atoms with Crippen LogP contribution in [0.15, 0.2) is 24.3 Å². The second-order valence-corrected chi connectivity index (χ2v) is 4.23. The molecule has 3 N–H and O–H groups in total. The van der Waals surface area contributed by atoms with E-state index in [-0.39, 0.29) is 23.4 Å². The SMILES string of the molecule is COC(=O)CSCC(=O)Nc1cccc(N)c1. The van der Waals surface area contributed by atoms with Crippen LogP contribution in [0, 0.1) is 0 Å². The van der Waals surface area contributed by atoms with E-state index in [1.165, 1.54) is 18.9 Å². The molecule has 0 aliphatic rings. The minimum atomic E-state index is -0.341. The summed E-state index contributed by atoms with van der Waals surface area (Å²) in [5, 5.41) is 2.68. The van der Waals surface area contributed by atoms with E-state index in [4.69, 9.17) is 5.73 Å². The first kappa shape index (κ1) is 13.4. The molecule has 0 unspecified atom stereocenters. The van der Waals surface area contributed by atoms with Crippen molar-refractivity contribution in [3.8, 4) is 0 Å². The van der Waals surface area contributed by atoms with Gasteiger partial charge in [0.05, 0.1) is 18.6 Å². The smallest absolute Gasteiger partial charge is 0.315 e. The summed E-state index contributed by atoms with van der Waals surface area (Å²) < 4.78 is 4.46. The van der Waals surface area contributed by atoms with Crippen LogP contribution in [0.5, 0.6) is 0 Å². The Kier molecular flexibility index (Phi) is 5.35. The molecule has 0 atom stereocenters. The van der Waals surface area contributed by atoms with Crippen molar-refractivity contribution in [2.24, 2.45) is 0 Å². The summed E-state index contributed by atoms with van der Waals surface area (Å²) in [6.07, 6.45) is 0. The van der Waals surface area contributed by atoms with Crippen molar-refractivity contribution in [1.82, 2.24) is 0 Å². The molecular formula is C11H14N2O3S. The average molecular weight is 254 g/mol. The summed E-state index contributed by atoms with van der Waals surface area (Å²) in [6.45, 7) is 0. The number of methoxy groups -OCH3 is 1. The van der Waals surface area contributed by atoms with Gasteiger partial charge in [-0.25, -0.2) is 0 Å². The van der Waals surface area contributed by atoms with Crippen LogP contribution in [-0.4, -0.2) is 30.5 Å². The maximum Gasteiger partial charge on any atom is 0.315 e. The predicted molar refractivity (Wildman–Crippen MR) is 68.8 cm³/mol. The summed E-state index contributed by atoms with van der Waals surface area (Å²) in [4.78, 5) is 22.3. The highest BCUT2D eigenvalue weighted by molar-refractivity contribution is 8.00. The van der Waals surface area contributed by atoms with Crippen molar-refractivity contribution in [2.45, 2.75) is 0 Å². The first-order chi connectivity index (χ1) is 8.11. The average Bonchev–Trinajstić information content (AvgIpc) is 2.28. The topological polar surface area (TPSA) is 81.4 Å². The fourth-order valence-electron chi connectivity index (χ4n) is 1.10. The minimum absolute atomic E-state index is 0.168. The van der Waals surface area contributed by atoms with Crippen LogP contribution in [0.25, 0.3) is 0 Å². The molecule has 1 amide bonds. The van der Waals surface area contributed by atoms with Crippen LogP contribution in [0.1, 0.15) is 0 Å². The molecule has 0 heterocycles. The van der Waals surface area contributed by atoms with Gasteiger partial charge in [0.2, 0.25) is 5.91 Å². The number of nitrogens with one attached hydrogen (secondary N) is 1. The molecule has 0 saturated carbocycles. The fourth-order valence-corrected chi connectivity index (χ4v) is 1.74. The first-order valence-corrected chi connectivity index (χ1v) is 6.07. The molecule has 17 heavy (non-hydrogen) atoms. The molecule has 0 aliphatic carbocycles. The van der Waals surface area contributed by atoms with Crippen LogP contribution in [0.2, 0.25) is 0 Å². The number of nitrogens with two attached hydrogens (primary N) is 1. The highest BCUT2D eigenvalue weighted by Gasteiger charge is 2.05. The first-order valence-electron chi connectivity index (χ1n) is 4.92. The van der Waals surface area contributed by atoms with Crippen molar-refractivity contribution in [1.29, 1.82) is 0 Å². The van der Waals surface area contributed by atoms with Crippen LogP contribution in [0.3, 0.4) is 0 Å². The molecule has 0 fully saturated rings. The van der Waals surface area contributed by atoms with Gasteiger partial charge in [-0.15, -0.1) is 11.8 Å². The van der Waals surface area contributed by atoms with E-state index in [0.717, 1.165) is 0 Å². The monoisotopic (exact) mass is 254 g/mol. The lowest BCUT2D eigenvalue weighted by Gasteiger charge is -2.05. The van der Waals surface area contributed by atoms with Gasteiger partial charge < -0.3 is 15.8 Å². The zero-order valence-corrected chi connectivity index (χ0v) is 10.3. The summed E-state index contributed by atoms with van der Waals surface area (Å²) in [7, 11) is 1.32. The van der Waals surface area contributed by atoms with Gasteiger partial charge >= 0.3 is 5.97 Å². The summed E-state index contributed by atoms with van der Waals surface area (Å²) in [6, 6.07) is 6.91. The number of amides is 1. The number of hydrogen-bond donors (Lipinski definition) is 2. The lowest BCUT2D eigenvalue weighted by atomic mass is 10.3. The fraction of sp³-hybridized carbons (Fsp3) is 0.273. The molecule has 0 aliphatic heterocycles. The number of thioether (sulfide) groups is 1. The maximum atomic E-state index is 11.5. The van der Waals surface area contributed by atoms with Crippen molar-refractivity contribution in [2.75, 3.05) is 29.7 Å². The van der Waals surface area contributed by atoms with Gasteiger partial charge in [0, 0.05) is 11.4 Å². The highest BCUT2D eigenvalue weighted by atomic mass is 32.2. The molecular weight excluding hydrogens is 240 g/mol. The van der Waals surface area contributed by atoms with E-state index in [0.29, 0.717) is 11.4 Å². The van der Waals surface area contributed by atoms with Crippen molar-refractivity contribution in [3.05, 3.63) is 24.3 Å². The molecule has 0 radical (unpaired) electrons. The summed E-state index contributed by atoms with van der Waals surface area (Å²) in [5.41, 5.74) is 6.81. The third kappa shape index (κ3) is 5.26. The largest absolute Gasteiger partial charge is 0.468 e. The number of ether oxygens (including phenoxy) is 1. The number of anilines is 2. The second-order valence-electron chi connectivity index (χ2n) is 3.24. The zero-order valence-electron chi connectivity index (χ0n) is 9.43. The Balaban J connectivity index is 2.32. The lowest BCUT2D eigenvalue weighted by Crippen LogP contribution is -2.15. The molecule has 0 bridgehead atoms. The molecule has 1 rings (SSSR count). The van der Waals surface area contributed by atoms with Crippen LogP contribution in [-0.2, 0) is 14.3 Å².